The molecule has 2 heterocycles. The quantitative estimate of drug-likeness (QED) is 0.203. The van der Waals surface area contributed by atoms with Gasteiger partial charge < -0.3 is 24.6 Å². The van der Waals surface area contributed by atoms with Crippen molar-refractivity contribution in [1.29, 1.82) is 0 Å². The Hall–Kier alpha value is -3.20. The maximum absolute atomic E-state index is 11.8. The third kappa shape index (κ3) is 7.98. The van der Waals surface area contributed by atoms with Crippen LogP contribution in [0.5, 0.6) is 5.88 Å². The molecule has 1 aromatic carbocycles. The highest BCUT2D eigenvalue weighted by Crippen LogP contribution is 2.24. The Morgan fingerprint density at radius 2 is 1.97 bits per heavy atom. The number of aryl methyl sites for hydroxylation is 1. The van der Waals surface area contributed by atoms with Crippen LogP contribution in [0.1, 0.15) is 37.8 Å². The number of pyridine rings is 1. The van der Waals surface area contributed by atoms with Gasteiger partial charge >= 0.3 is 0 Å². The first-order chi connectivity index (χ1) is 16.6. The molecular weight excluding hydrogens is 430 g/mol. The van der Waals surface area contributed by atoms with Crippen LogP contribution < -0.4 is 20.1 Å². The van der Waals surface area contributed by atoms with Crippen LogP contribution in [-0.2, 0) is 4.74 Å². The van der Waals surface area contributed by atoms with Gasteiger partial charge in [-0.05, 0) is 31.4 Å². The summed E-state index contributed by atoms with van der Waals surface area (Å²) in [5.74, 6) is 1.09. The summed E-state index contributed by atoms with van der Waals surface area (Å²) in [4.78, 5) is 6.88. The number of ether oxygens (including phenoxy) is 2. The number of hydrazone groups is 1. The predicted octanol–water partition coefficient (Wildman–Crippen LogP) is 3.65. The molecule has 2 unspecified atom stereocenters. The molecule has 0 bridgehead atoms. The summed E-state index contributed by atoms with van der Waals surface area (Å²) in [6.07, 6.45) is 10.1. The maximum atomic E-state index is 11.8. The van der Waals surface area contributed by atoms with Gasteiger partial charge in [-0.15, -0.1) is 0 Å². The lowest BCUT2D eigenvalue weighted by atomic mass is 10.2. The molecule has 0 saturated heterocycles. The minimum absolute atomic E-state index is 0.0599. The van der Waals surface area contributed by atoms with Crippen LogP contribution in [0.2, 0.25) is 0 Å². The van der Waals surface area contributed by atoms with Crippen molar-refractivity contribution >= 4 is 17.7 Å². The average molecular weight is 466 g/mol. The topological polar surface area (TPSA) is 86.5 Å². The Balaban J connectivity index is 1.68. The van der Waals surface area contributed by atoms with E-state index in [2.05, 4.69) is 53.3 Å². The van der Waals surface area contributed by atoms with E-state index in [4.69, 9.17) is 9.47 Å². The highest BCUT2D eigenvalue weighted by atomic mass is 16.6. The van der Waals surface area contributed by atoms with Crippen LogP contribution in [0.4, 0.5) is 11.5 Å². The number of nitrogens with one attached hydrogen (secondary N) is 2. The Morgan fingerprint density at radius 1 is 1.15 bits per heavy atom. The van der Waals surface area contributed by atoms with E-state index in [0.717, 1.165) is 37.2 Å². The lowest BCUT2D eigenvalue weighted by Crippen LogP contribution is -3.07. The summed E-state index contributed by atoms with van der Waals surface area (Å²) in [7, 11) is 0. The van der Waals surface area contributed by atoms with Crippen molar-refractivity contribution in [2.45, 2.75) is 39.8 Å². The van der Waals surface area contributed by atoms with Crippen LogP contribution in [0.15, 0.2) is 65.9 Å². The van der Waals surface area contributed by atoms with E-state index in [1.54, 1.807) is 18.4 Å². The normalized spacial score (nSPS) is 17.3. The van der Waals surface area contributed by atoms with E-state index in [9.17, 15) is 5.21 Å². The van der Waals surface area contributed by atoms with Gasteiger partial charge in [0.2, 0.25) is 12.1 Å². The molecule has 0 saturated carbocycles. The number of allylic oxidation sites excluding steroid dienone is 2. The fourth-order valence-electron chi connectivity index (χ4n) is 3.60. The second kappa shape index (κ2) is 13.5. The van der Waals surface area contributed by atoms with Gasteiger partial charge in [-0.25, -0.2) is 0 Å². The monoisotopic (exact) mass is 465 g/mol. The van der Waals surface area contributed by atoms with Crippen LogP contribution in [-0.4, -0.2) is 43.7 Å². The number of nitrogens with zero attached hydrogens (tertiary/aromatic N) is 3. The van der Waals surface area contributed by atoms with Crippen LogP contribution in [0.3, 0.4) is 0 Å². The van der Waals surface area contributed by atoms with E-state index < -0.39 is 6.23 Å². The summed E-state index contributed by atoms with van der Waals surface area (Å²) in [5.41, 5.74) is 6.26. The van der Waals surface area contributed by atoms with Crippen molar-refractivity contribution in [3.05, 3.63) is 77.2 Å². The predicted molar refractivity (Wildman–Crippen MR) is 137 cm³/mol. The summed E-state index contributed by atoms with van der Waals surface area (Å²) in [6.45, 7) is 8.83. The van der Waals surface area contributed by atoms with Crippen molar-refractivity contribution < 1.29 is 14.5 Å². The molecule has 2 aromatic rings. The highest BCUT2D eigenvalue weighted by Gasteiger charge is 2.13. The van der Waals surface area contributed by atoms with E-state index in [1.807, 2.05) is 30.3 Å². The fourth-order valence-corrected chi connectivity index (χ4v) is 3.60. The molecule has 8 nitrogen and oxygen atoms in total. The number of hydrogen-bond donors (Lipinski definition) is 2. The van der Waals surface area contributed by atoms with E-state index in [0.29, 0.717) is 11.7 Å². The molecule has 2 N–H and O–H groups in total. The SMILES string of the molecule is CCCN(CCC)c1cc(N/N=C/c2cccc(C)c2)nc(OCCOC2C=CC=C[NH+]2[O-])c1. The Morgan fingerprint density at radius 3 is 2.71 bits per heavy atom. The average Bonchev–Trinajstić information content (AvgIpc) is 2.83. The summed E-state index contributed by atoms with van der Waals surface area (Å²) < 4.78 is 11.5. The maximum Gasteiger partial charge on any atom is 0.217 e. The molecule has 0 radical (unpaired) electrons. The van der Waals surface area contributed by atoms with E-state index in [-0.39, 0.29) is 18.3 Å². The zero-order valence-electron chi connectivity index (χ0n) is 20.2. The summed E-state index contributed by atoms with van der Waals surface area (Å²) in [6, 6.07) is 12.0. The third-order valence-corrected chi connectivity index (χ3v) is 5.14. The number of hydroxylamine groups is 2. The molecular formula is C26H35N5O3. The minimum atomic E-state index is -0.550. The smallest absolute Gasteiger partial charge is 0.217 e. The largest absolute Gasteiger partial charge is 0.627 e. The van der Waals surface area contributed by atoms with Crippen molar-refractivity contribution in [2.75, 3.05) is 36.6 Å². The number of quaternary nitrogens is 1. The first-order valence-electron chi connectivity index (χ1n) is 11.8. The van der Waals surface area contributed by atoms with Gasteiger partial charge in [-0.2, -0.15) is 10.1 Å². The number of rotatable bonds is 13. The van der Waals surface area contributed by atoms with Gasteiger partial charge in [-0.1, -0.05) is 49.8 Å². The second-order valence-corrected chi connectivity index (χ2v) is 8.11. The van der Waals surface area contributed by atoms with Crippen LogP contribution in [0, 0.1) is 12.1 Å². The molecule has 0 aliphatic carbocycles. The molecule has 0 fully saturated rings. The molecule has 1 aromatic heterocycles. The molecule has 0 spiro atoms. The molecule has 34 heavy (non-hydrogen) atoms. The van der Waals surface area contributed by atoms with Gasteiger partial charge in [0.05, 0.1) is 19.0 Å². The highest BCUT2D eigenvalue weighted by molar-refractivity contribution is 5.80. The lowest BCUT2D eigenvalue weighted by Gasteiger charge is -2.27. The van der Waals surface area contributed by atoms with Gasteiger partial charge in [0.15, 0.2) is 5.82 Å². The number of hydrogen-bond acceptors (Lipinski definition) is 7. The molecule has 8 heteroatoms. The molecule has 0 amide bonds. The fraction of sp³-hybridized carbons (Fsp3) is 0.385. The van der Waals surface area contributed by atoms with E-state index in [1.165, 1.54) is 11.8 Å². The van der Waals surface area contributed by atoms with Crippen molar-refractivity contribution in [3.8, 4) is 5.88 Å². The first kappa shape index (κ1) is 25.4. The van der Waals surface area contributed by atoms with Gasteiger partial charge in [0, 0.05) is 37.0 Å². The molecule has 1 aliphatic heterocycles. The van der Waals surface area contributed by atoms with Crippen molar-refractivity contribution in [1.82, 2.24) is 4.98 Å². The number of aromatic nitrogens is 1. The molecule has 1 aliphatic rings. The Kier molecular flexibility index (Phi) is 10.1. The minimum Gasteiger partial charge on any atom is -0.627 e. The molecule has 2 atom stereocenters. The summed E-state index contributed by atoms with van der Waals surface area (Å²) >= 11 is 0. The molecule has 182 valence electrons. The van der Waals surface area contributed by atoms with Crippen LogP contribution >= 0.6 is 0 Å². The van der Waals surface area contributed by atoms with Crippen molar-refractivity contribution in [3.63, 3.8) is 0 Å². The second-order valence-electron chi connectivity index (χ2n) is 8.11. The Labute approximate surface area is 202 Å². The van der Waals surface area contributed by atoms with Crippen molar-refractivity contribution in [2.24, 2.45) is 5.10 Å². The standard InChI is InChI=1S/C26H35N5O3/c1-4-12-30(13-5-2)23-18-24(29-27-20-22-10-8-9-21(3)17-22)28-25(19-23)33-15-16-34-26-11-6-7-14-31(26)32/h6-11,14,17-20,26,31H,4-5,12-13,15-16H2,1-3H3,(H,28,29)/b27-20+. The molecule has 3 rings (SSSR count). The Bertz CT molecular complexity index is 986. The zero-order chi connectivity index (χ0) is 24.2. The number of benzene rings is 1. The number of anilines is 2. The first-order valence-corrected chi connectivity index (χ1v) is 11.8. The van der Waals surface area contributed by atoms with E-state index >= 15 is 0 Å². The van der Waals surface area contributed by atoms with Gasteiger partial charge in [-0.3, -0.25) is 5.43 Å². The lowest BCUT2D eigenvalue weighted by molar-refractivity contribution is -0.842. The van der Waals surface area contributed by atoms with Crippen LogP contribution in [0.25, 0.3) is 0 Å². The van der Waals surface area contributed by atoms with Gasteiger partial charge in [0.25, 0.3) is 0 Å². The summed E-state index contributed by atoms with van der Waals surface area (Å²) in [5, 5.41) is 16.1. The van der Waals surface area contributed by atoms with Gasteiger partial charge in [0.1, 0.15) is 6.61 Å². The third-order valence-electron chi connectivity index (χ3n) is 5.14. The zero-order valence-corrected chi connectivity index (χ0v) is 20.2.